The lowest BCUT2D eigenvalue weighted by atomic mass is 10.1. The zero-order chi connectivity index (χ0) is 19.5. The SMILES string of the molecule is CSc1ccccc1C(=O)Nc1nc(-c2ccccc2)c2cc(Cl)ccc2n1. The molecule has 0 saturated heterocycles. The van der Waals surface area contributed by atoms with Crippen LogP contribution in [0.1, 0.15) is 10.4 Å². The van der Waals surface area contributed by atoms with Crippen LogP contribution in [0.3, 0.4) is 0 Å². The molecule has 0 aliphatic carbocycles. The summed E-state index contributed by atoms with van der Waals surface area (Å²) in [5.41, 5.74) is 2.96. The summed E-state index contributed by atoms with van der Waals surface area (Å²) in [6, 6.07) is 22.7. The van der Waals surface area contributed by atoms with Crippen molar-refractivity contribution in [3.05, 3.63) is 83.4 Å². The summed E-state index contributed by atoms with van der Waals surface area (Å²) in [5, 5.41) is 4.29. The van der Waals surface area contributed by atoms with Crippen LogP contribution in [0.25, 0.3) is 22.2 Å². The standard InChI is InChI=1S/C22H16ClN3OS/c1-28-19-10-6-5-9-16(19)21(27)26-22-24-18-12-11-15(23)13-17(18)20(25-22)14-7-3-2-4-8-14/h2-13H,1H3,(H,24,25,26,27). The van der Waals surface area contributed by atoms with Gasteiger partial charge >= 0.3 is 0 Å². The molecule has 6 heteroatoms. The highest BCUT2D eigenvalue weighted by Gasteiger charge is 2.15. The first-order valence-electron chi connectivity index (χ1n) is 8.63. The molecule has 1 N–H and O–H groups in total. The minimum atomic E-state index is -0.239. The maximum absolute atomic E-state index is 12.8. The molecule has 0 fully saturated rings. The third-order valence-corrected chi connectivity index (χ3v) is 5.31. The molecule has 1 amide bonds. The van der Waals surface area contributed by atoms with Gasteiger partial charge in [0.25, 0.3) is 5.91 Å². The number of thioether (sulfide) groups is 1. The van der Waals surface area contributed by atoms with Crippen molar-refractivity contribution in [2.24, 2.45) is 0 Å². The van der Waals surface area contributed by atoms with E-state index >= 15 is 0 Å². The van der Waals surface area contributed by atoms with Gasteiger partial charge in [0.05, 0.1) is 16.8 Å². The number of fused-ring (bicyclic) bond motifs is 1. The number of amides is 1. The van der Waals surface area contributed by atoms with Crippen LogP contribution < -0.4 is 5.32 Å². The quantitative estimate of drug-likeness (QED) is 0.428. The van der Waals surface area contributed by atoms with Gasteiger partial charge in [-0.25, -0.2) is 9.97 Å². The van der Waals surface area contributed by atoms with Gasteiger partial charge in [0.15, 0.2) is 0 Å². The number of carbonyl (C=O) groups excluding carboxylic acids is 1. The summed E-state index contributed by atoms with van der Waals surface area (Å²) < 4.78 is 0. The summed E-state index contributed by atoms with van der Waals surface area (Å²) >= 11 is 7.71. The Balaban J connectivity index is 1.80. The minimum absolute atomic E-state index is 0.239. The highest BCUT2D eigenvalue weighted by atomic mass is 35.5. The maximum Gasteiger partial charge on any atom is 0.259 e. The van der Waals surface area contributed by atoms with Crippen molar-refractivity contribution in [2.45, 2.75) is 4.90 Å². The number of hydrogen-bond donors (Lipinski definition) is 1. The van der Waals surface area contributed by atoms with Crippen molar-refractivity contribution < 1.29 is 4.79 Å². The monoisotopic (exact) mass is 405 g/mol. The van der Waals surface area contributed by atoms with E-state index in [-0.39, 0.29) is 11.9 Å². The van der Waals surface area contributed by atoms with Crippen molar-refractivity contribution >= 4 is 46.1 Å². The zero-order valence-corrected chi connectivity index (χ0v) is 16.6. The van der Waals surface area contributed by atoms with E-state index < -0.39 is 0 Å². The average molecular weight is 406 g/mol. The predicted octanol–water partition coefficient (Wildman–Crippen LogP) is 5.92. The fraction of sp³-hybridized carbons (Fsp3) is 0.0455. The molecule has 4 nitrogen and oxygen atoms in total. The molecule has 0 radical (unpaired) electrons. The largest absolute Gasteiger partial charge is 0.290 e. The lowest BCUT2D eigenvalue weighted by Crippen LogP contribution is -2.15. The van der Waals surface area contributed by atoms with Crippen molar-refractivity contribution in [3.63, 3.8) is 0 Å². The van der Waals surface area contributed by atoms with E-state index in [9.17, 15) is 4.79 Å². The number of nitrogens with one attached hydrogen (secondary N) is 1. The van der Waals surface area contributed by atoms with Crippen molar-refractivity contribution in [3.8, 4) is 11.3 Å². The Labute approximate surface area is 172 Å². The Morgan fingerprint density at radius 2 is 1.71 bits per heavy atom. The first-order valence-corrected chi connectivity index (χ1v) is 10.2. The molecule has 0 spiro atoms. The fourth-order valence-electron chi connectivity index (χ4n) is 2.97. The van der Waals surface area contributed by atoms with Crippen molar-refractivity contribution in [1.29, 1.82) is 0 Å². The number of anilines is 1. The van der Waals surface area contributed by atoms with Crippen molar-refractivity contribution in [1.82, 2.24) is 9.97 Å². The molecule has 1 heterocycles. The molecule has 0 atom stereocenters. The Morgan fingerprint density at radius 3 is 2.50 bits per heavy atom. The molecule has 138 valence electrons. The van der Waals surface area contributed by atoms with Gasteiger partial charge in [-0.1, -0.05) is 54.1 Å². The number of halogens is 1. The number of nitrogens with zero attached hydrogens (tertiary/aromatic N) is 2. The molecular formula is C22H16ClN3OS. The molecule has 0 unspecified atom stereocenters. The minimum Gasteiger partial charge on any atom is -0.290 e. The third-order valence-electron chi connectivity index (χ3n) is 4.28. The van der Waals surface area contributed by atoms with Crippen LogP contribution in [0.2, 0.25) is 5.02 Å². The normalized spacial score (nSPS) is 10.8. The van der Waals surface area contributed by atoms with E-state index in [1.54, 1.807) is 12.1 Å². The molecule has 0 bridgehead atoms. The van der Waals surface area contributed by atoms with E-state index in [0.29, 0.717) is 16.1 Å². The van der Waals surface area contributed by atoms with E-state index in [2.05, 4.69) is 15.3 Å². The molecule has 4 aromatic rings. The van der Waals surface area contributed by atoms with E-state index in [1.165, 1.54) is 11.8 Å². The summed E-state index contributed by atoms with van der Waals surface area (Å²) in [7, 11) is 0. The Hall–Kier alpha value is -2.89. The highest BCUT2D eigenvalue weighted by Crippen LogP contribution is 2.29. The number of benzene rings is 3. The number of carbonyl (C=O) groups is 1. The molecule has 0 saturated carbocycles. The lowest BCUT2D eigenvalue weighted by molar-refractivity contribution is 0.102. The van der Waals surface area contributed by atoms with Crippen LogP contribution in [0.15, 0.2) is 77.7 Å². The number of aromatic nitrogens is 2. The molecule has 0 aliphatic rings. The van der Waals surface area contributed by atoms with Crippen LogP contribution in [-0.4, -0.2) is 22.1 Å². The van der Waals surface area contributed by atoms with E-state index in [1.807, 2.05) is 66.9 Å². The topological polar surface area (TPSA) is 54.9 Å². The van der Waals surface area contributed by atoms with Gasteiger partial charge in [0.2, 0.25) is 5.95 Å². The number of hydrogen-bond acceptors (Lipinski definition) is 4. The lowest BCUT2D eigenvalue weighted by Gasteiger charge is -2.11. The predicted molar refractivity (Wildman–Crippen MR) is 116 cm³/mol. The number of rotatable bonds is 4. The van der Waals surface area contributed by atoms with Gasteiger partial charge in [0.1, 0.15) is 0 Å². The van der Waals surface area contributed by atoms with Gasteiger partial charge in [-0.15, -0.1) is 11.8 Å². The van der Waals surface area contributed by atoms with E-state index in [4.69, 9.17) is 11.6 Å². The van der Waals surface area contributed by atoms with Crippen LogP contribution in [-0.2, 0) is 0 Å². The van der Waals surface area contributed by atoms with Crippen LogP contribution in [0, 0.1) is 0 Å². The summed E-state index contributed by atoms with van der Waals surface area (Å²) in [5.74, 6) is 0.0202. The van der Waals surface area contributed by atoms with Crippen LogP contribution in [0.5, 0.6) is 0 Å². The van der Waals surface area contributed by atoms with Gasteiger partial charge in [0, 0.05) is 20.9 Å². The van der Waals surface area contributed by atoms with Gasteiger partial charge < -0.3 is 0 Å². The average Bonchev–Trinajstić information content (AvgIpc) is 2.74. The molecule has 28 heavy (non-hydrogen) atoms. The van der Waals surface area contributed by atoms with E-state index in [0.717, 1.165) is 21.5 Å². The van der Waals surface area contributed by atoms with Crippen molar-refractivity contribution in [2.75, 3.05) is 11.6 Å². The Morgan fingerprint density at radius 1 is 0.964 bits per heavy atom. The second-order valence-electron chi connectivity index (χ2n) is 6.08. The second-order valence-corrected chi connectivity index (χ2v) is 7.36. The zero-order valence-electron chi connectivity index (χ0n) is 15.0. The van der Waals surface area contributed by atoms with Crippen LogP contribution >= 0.6 is 23.4 Å². The Bertz CT molecular complexity index is 1170. The molecule has 1 aromatic heterocycles. The Kier molecular flexibility index (Phi) is 5.28. The first kappa shape index (κ1) is 18.5. The van der Waals surface area contributed by atoms with Gasteiger partial charge in [-0.2, -0.15) is 0 Å². The maximum atomic E-state index is 12.8. The third kappa shape index (κ3) is 3.72. The second kappa shape index (κ2) is 8.00. The summed E-state index contributed by atoms with van der Waals surface area (Å²) in [4.78, 5) is 22.8. The first-order chi connectivity index (χ1) is 13.7. The molecule has 0 aliphatic heterocycles. The van der Waals surface area contributed by atoms with Gasteiger partial charge in [-0.3, -0.25) is 10.1 Å². The highest BCUT2D eigenvalue weighted by molar-refractivity contribution is 7.98. The molecular weight excluding hydrogens is 390 g/mol. The summed E-state index contributed by atoms with van der Waals surface area (Å²) in [6.45, 7) is 0. The summed E-state index contributed by atoms with van der Waals surface area (Å²) in [6.07, 6.45) is 1.94. The smallest absolute Gasteiger partial charge is 0.259 e. The molecule has 3 aromatic carbocycles. The van der Waals surface area contributed by atoms with Gasteiger partial charge in [-0.05, 0) is 36.6 Å². The molecule has 4 rings (SSSR count). The van der Waals surface area contributed by atoms with Crippen LogP contribution in [0.4, 0.5) is 5.95 Å². The fourth-order valence-corrected chi connectivity index (χ4v) is 3.74.